The Bertz CT molecular complexity index is 76.6. The minimum absolute atomic E-state index is 0.308. The van der Waals surface area contributed by atoms with Gasteiger partial charge in [-0.3, -0.25) is 0 Å². The summed E-state index contributed by atoms with van der Waals surface area (Å²) < 4.78 is 0. The van der Waals surface area contributed by atoms with Crippen LogP contribution in [-0.4, -0.2) is 11.7 Å². The first kappa shape index (κ1) is 8.70. The zero-order chi connectivity index (χ0) is 7.11. The molecule has 1 heteroatoms. The standard InChI is InChI=1S/C8H16O/c1-3-5-8(4-2)6-7-9/h3,5,8-9H,4,6-7H2,1-2H3. The van der Waals surface area contributed by atoms with Gasteiger partial charge in [0.2, 0.25) is 0 Å². The molecule has 0 aromatic carbocycles. The van der Waals surface area contributed by atoms with Crippen LogP contribution in [0.4, 0.5) is 0 Å². The van der Waals surface area contributed by atoms with Crippen LogP contribution in [-0.2, 0) is 0 Å². The Morgan fingerprint density at radius 3 is 2.56 bits per heavy atom. The first-order valence-electron chi connectivity index (χ1n) is 3.58. The van der Waals surface area contributed by atoms with Gasteiger partial charge in [-0.1, -0.05) is 19.1 Å². The van der Waals surface area contributed by atoms with E-state index in [-0.39, 0.29) is 0 Å². The quantitative estimate of drug-likeness (QED) is 0.574. The molecule has 1 atom stereocenters. The van der Waals surface area contributed by atoms with E-state index in [4.69, 9.17) is 5.11 Å². The molecule has 0 aliphatic rings. The minimum Gasteiger partial charge on any atom is -0.396 e. The van der Waals surface area contributed by atoms with Crippen molar-refractivity contribution in [1.82, 2.24) is 0 Å². The van der Waals surface area contributed by atoms with Crippen LogP contribution in [0, 0.1) is 5.92 Å². The number of hydrogen-bond donors (Lipinski definition) is 1. The SMILES string of the molecule is CC=CC(CC)CCO. The molecule has 0 amide bonds. The molecule has 0 aliphatic heterocycles. The molecular weight excluding hydrogens is 112 g/mol. The van der Waals surface area contributed by atoms with Gasteiger partial charge in [0.15, 0.2) is 0 Å². The molecule has 0 aromatic heterocycles. The Kier molecular flexibility index (Phi) is 5.64. The molecule has 0 fully saturated rings. The highest BCUT2D eigenvalue weighted by atomic mass is 16.2. The van der Waals surface area contributed by atoms with Crippen molar-refractivity contribution in [3.05, 3.63) is 12.2 Å². The topological polar surface area (TPSA) is 20.2 Å². The van der Waals surface area contributed by atoms with Gasteiger partial charge in [0.25, 0.3) is 0 Å². The van der Waals surface area contributed by atoms with Gasteiger partial charge in [-0.05, 0) is 25.7 Å². The molecular formula is C8H16O. The van der Waals surface area contributed by atoms with Crippen molar-refractivity contribution in [2.24, 2.45) is 5.92 Å². The maximum atomic E-state index is 8.56. The lowest BCUT2D eigenvalue weighted by Crippen LogP contribution is -1.96. The van der Waals surface area contributed by atoms with Gasteiger partial charge in [0.05, 0.1) is 0 Å². The fourth-order valence-corrected chi connectivity index (χ4v) is 0.874. The molecule has 54 valence electrons. The largest absolute Gasteiger partial charge is 0.396 e. The predicted octanol–water partition coefficient (Wildman–Crippen LogP) is 1.97. The molecule has 0 saturated heterocycles. The van der Waals surface area contributed by atoms with Crippen LogP contribution in [0.2, 0.25) is 0 Å². The average Bonchev–Trinajstić information content (AvgIpc) is 1.88. The van der Waals surface area contributed by atoms with E-state index in [0.717, 1.165) is 12.8 Å². The van der Waals surface area contributed by atoms with Crippen LogP contribution < -0.4 is 0 Å². The highest BCUT2D eigenvalue weighted by molar-refractivity contribution is 4.84. The number of hydrogen-bond acceptors (Lipinski definition) is 1. The van der Waals surface area contributed by atoms with Crippen LogP contribution in [0.3, 0.4) is 0 Å². The summed E-state index contributed by atoms with van der Waals surface area (Å²) in [4.78, 5) is 0. The zero-order valence-corrected chi connectivity index (χ0v) is 6.30. The Balaban J connectivity index is 3.41. The van der Waals surface area contributed by atoms with E-state index in [1.165, 1.54) is 0 Å². The van der Waals surface area contributed by atoms with Crippen LogP contribution in [0.15, 0.2) is 12.2 Å². The second-order valence-electron chi connectivity index (χ2n) is 2.21. The van der Waals surface area contributed by atoms with Crippen LogP contribution in [0.25, 0.3) is 0 Å². The fraction of sp³-hybridized carbons (Fsp3) is 0.750. The van der Waals surface area contributed by atoms with E-state index in [2.05, 4.69) is 13.0 Å². The smallest absolute Gasteiger partial charge is 0.0436 e. The summed E-state index contributed by atoms with van der Waals surface area (Å²) >= 11 is 0. The van der Waals surface area contributed by atoms with E-state index in [0.29, 0.717) is 12.5 Å². The van der Waals surface area contributed by atoms with Gasteiger partial charge in [-0.25, -0.2) is 0 Å². The molecule has 1 unspecified atom stereocenters. The summed E-state index contributed by atoms with van der Waals surface area (Å²) in [5, 5.41) is 8.56. The lowest BCUT2D eigenvalue weighted by Gasteiger charge is -2.05. The van der Waals surface area contributed by atoms with Crippen LogP contribution in [0.5, 0.6) is 0 Å². The van der Waals surface area contributed by atoms with Crippen LogP contribution >= 0.6 is 0 Å². The Hall–Kier alpha value is -0.300. The van der Waals surface area contributed by atoms with Gasteiger partial charge in [0.1, 0.15) is 0 Å². The van der Waals surface area contributed by atoms with Crippen molar-refractivity contribution >= 4 is 0 Å². The second-order valence-corrected chi connectivity index (χ2v) is 2.21. The number of aliphatic hydroxyl groups excluding tert-OH is 1. The molecule has 0 rings (SSSR count). The third-order valence-corrected chi connectivity index (χ3v) is 1.49. The Labute approximate surface area is 57.4 Å². The summed E-state index contributed by atoms with van der Waals surface area (Å²) in [6, 6.07) is 0. The summed E-state index contributed by atoms with van der Waals surface area (Å²) in [5.74, 6) is 0.583. The van der Waals surface area contributed by atoms with Crippen molar-refractivity contribution in [2.75, 3.05) is 6.61 Å². The van der Waals surface area contributed by atoms with Gasteiger partial charge in [-0.2, -0.15) is 0 Å². The second kappa shape index (κ2) is 5.83. The van der Waals surface area contributed by atoms with E-state index in [1.807, 2.05) is 13.0 Å². The van der Waals surface area contributed by atoms with E-state index in [9.17, 15) is 0 Å². The summed E-state index contributed by atoms with van der Waals surface area (Å²) in [6.07, 6.45) is 6.23. The minimum atomic E-state index is 0.308. The van der Waals surface area contributed by atoms with Crippen molar-refractivity contribution in [3.63, 3.8) is 0 Å². The third-order valence-electron chi connectivity index (χ3n) is 1.49. The van der Waals surface area contributed by atoms with Crippen molar-refractivity contribution < 1.29 is 5.11 Å². The fourth-order valence-electron chi connectivity index (χ4n) is 0.874. The highest BCUT2D eigenvalue weighted by Crippen LogP contribution is 2.08. The molecule has 9 heavy (non-hydrogen) atoms. The van der Waals surface area contributed by atoms with Gasteiger partial charge < -0.3 is 5.11 Å². The lowest BCUT2D eigenvalue weighted by atomic mass is 10.0. The Morgan fingerprint density at radius 2 is 2.22 bits per heavy atom. The van der Waals surface area contributed by atoms with Crippen molar-refractivity contribution in [3.8, 4) is 0 Å². The highest BCUT2D eigenvalue weighted by Gasteiger charge is 1.97. The Morgan fingerprint density at radius 1 is 1.56 bits per heavy atom. The molecule has 0 aliphatic carbocycles. The van der Waals surface area contributed by atoms with Crippen LogP contribution in [0.1, 0.15) is 26.7 Å². The molecule has 0 radical (unpaired) electrons. The molecule has 0 aromatic rings. The molecule has 1 N–H and O–H groups in total. The number of rotatable bonds is 4. The maximum Gasteiger partial charge on any atom is 0.0436 e. The summed E-state index contributed by atoms with van der Waals surface area (Å²) in [6.45, 7) is 4.46. The number of allylic oxidation sites excluding steroid dienone is 2. The van der Waals surface area contributed by atoms with Gasteiger partial charge in [0, 0.05) is 6.61 Å². The molecule has 1 nitrogen and oxygen atoms in total. The average molecular weight is 128 g/mol. The van der Waals surface area contributed by atoms with Gasteiger partial charge >= 0.3 is 0 Å². The molecule has 0 saturated carbocycles. The molecule has 0 heterocycles. The summed E-state index contributed by atoms with van der Waals surface area (Å²) in [5.41, 5.74) is 0. The lowest BCUT2D eigenvalue weighted by molar-refractivity contribution is 0.268. The van der Waals surface area contributed by atoms with E-state index >= 15 is 0 Å². The zero-order valence-electron chi connectivity index (χ0n) is 6.30. The van der Waals surface area contributed by atoms with E-state index in [1.54, 1.807) is 0 Å². The summed E-state index contributed by atoms with van der Waals surface area (Å²) in [7, 11) is 0. The number of aliphatic hydroxyl groups is 1. The normalized spacial score (nSPS) is 14.6. The van der Waals surface area contributed by atoms with Crippen molar-refractivity contribution in [2.45, 2.75) is 26.7 Å². The maximum absolute atomic E-state index is 8.56. The molecule has 0 bridgehead atoms. The van der Waals surface area contributed by atoms with E-state index < -0.39 is 0 Å². The third kappa shape index (κ3) is 4.22. The first-order chi connectivity index (χ1) is 4.35. The van der Waals surface area contributed by atoms with Crippen molar-refractivity contribution in [1.29, 1.82) is 0 Å². The predicted molar refractivity (Wildman–Crippen MR) is 40.3 cm³/mol. The first-order valence-corrected chi connectivity index (χ1v) is 3.58. The molecule has 0 spiro atoms. The monoisotopic (exact) mass is 128 g/mol. The van der Waals surface area contributed by atoms with Gasteiger partial charge in [-0.15, -0.1) is 0 Å².